The fourth-order valence-electron chi connectivity index (χ4n) is 2.92. The molecule has 4 heteroatoms. The number of nitrogens with zero attached hydrogens (tertiary/aromatic N) is 1. The molecule has 2 atom stereocenters. The van der Waals surface area contributed by atoms with Gasteiger partial charge >= 0.3 is 0 Å². The van der Waals surface area contributed by atoms with Gasteiger partial charge in [0.25, 0.3) is 6.43 Å². The van der Waals surface area contributed by atoms with Crippen LogP contribution in [-0.4, -0.2) is 43.0 Å². The number of hydrogen-bond donors (Lipinski definition) is 1. The first-order valence-electron chi connectivity index (χ1n) is 7.66. The van der Waals surface area contributed by atoms with Crippen LogP contribution in [0.5, 0.6) is 0 Å². The average Bonchev–Trinajstić information content (AvgIpc) is 2.40. The highest BCUT2D eigenvalue weighted by Crippen LogP contribution is 2.25. The maximum Gasteiger partial charge on any atom is 0.251 e. The maximum atomic E-state index is 12.9. The summed E-state index contributed by atoms with van der Waals surface area (Å²) in [6.45, 7) is 7.79. The monoisotopic (exact) mass is 296 g/mol. The summed E-state index contributed by atoms with van der Waals surface area (Å²) in [5.41, 5.74) is 1.29. The van der Waals surface area contributed by atoms with Gasteiger partial charge in [0.05, 0.1) is 6.54 Å². The Bertz CT molecular complexity index is 428. The molecule has 1 N–H and O–H groups in total. The Balaban J connectivity index is 2.05. The predicted molar refractivity (Wildman–Crippen MR) is 82.8 cm³/mol. The number of hydrogen-bond acceptors (Lipinski definition) is 2. The van der Waals surface area contributed by atoms with Gasteiger partial charge in [-0.1, -0.05) is 51.1 Å². The zero-order chi connectivity index (χ0) is 15.5. The summed E-state index contributed by atoms with van der Waals surface area (Å²) in [5, 5.41) is 3.55. The zero-order valence-electron chi connectivity index (χ0n) is 13.2. The van der Waals surface area contributed by atoms with Crippen LogP contribution in [0.2, 0.25) is 0 Å². The van der Waals surface area contributed by atoms with Crippen molar-refractivity contribution in [3.8, 4) is 0 Å². The molecule has 1 aromatic carbocycles. The molecular formula is C17H26F2N2. The lowest BCUT2D eigenvalue weighted by molar-refractivity contribution is 0.0261. The lowest BCUT2D eigenvalue weighted by atomic mass is 9.84. The van der Waals surface area contributed by atoms with E-state index in [9.17, 15) is 8.78 Å². The van der Waals surface area contributed by atoms with E-state index in [1.54, 1.807) is 0 Å². The van der Waals surface area contributed by atoms with Crippen LogP contribution < -0.4 is 5.32 Å². The number of benzene rings is 1. The molecule has 0 amide bonds. The molecule has 0 radical (unpaired) electrons. The molecule has 1 heterocycles. The van der Waals surface area contributed by atoms with Gasteiger partial charge in [-0.15, -0.1) is 0 Å². The first-order valence-corrected chi connectivity index (χ1v) is 7.66. The van der Waals surface area contributed by atoms with E-state index in [0.717, 1.165) is 13.0 Å². The minimum atomic E-state index is -2.28. The largest absolute Gasteiger partial charge is 0.311 e. The van der Waals surface area contributed by atoms with Gasteiger partial charge in [-0.2, -0.15) is 0 Å². The first kappa shape index (κ1) is 16.4. The Morgan fingerprint density at radius 3 is 2.48 bits per heavy atom. The molecule has 118 valence electrons. The highest BCUT2D eigenvalue weighted by Gasteiger charge is 2.34. The third kappa shape index (κ3) is 4.75. The van der Waals surface area contributed by atoms with Crippen LogP contribution >= 0.6 is 0 Å². The Morgan fingerprint density at radius 2 is 1.90 bits per heavy atom. The summed E-state index contributed by atoms with van der Waals surface area (Å²) in [6.07, 6.45) is -1.46. The van der Waals surface area contributed by atoms with E-state index in [2.05, 4.69) is 38.2 Å². The summed E-state index contributed by atoms with van der Waals surface area (Å²) in [4.78, 5) is 1.96. The third-order valence-electron chi connectivity index (χ3n) is 4.27. The SMILES string of the molecule is CC(C)(C)C1CN(CC(F)F)C(Cc2ccccc2)CN1. The van der Waals surface area contributed by atoms with Crippen molar-refractivity contribution in [2.75, 3.05) is 19.6 Å². The van der Waals surface area contributed by atoms with E-state index in [-0.39, 0.29) is 24.0 Å². The molecule has 2 rings (SSSR count). The van der Waals surface area contributed by atoms with Gasteiger partial charge in [0.2, 0.25) is 0 Å². The van der Waals surface area contributed by atoms with Crippen LogP contribution in [0, 0.1) is 5.41 Å². The zero-order valence-corrected chi connectivity index (χ0v) is 13.2. The summed E-state index contributed by atoms with van der Waals surface area (Å²) in [6, 6.07) is 10.5. The summed E-state index contributed by atoms with van der Waals surface area (Å²) in [5.74, 6) is 0. The van der Waals surface area contributed by atoms with Crippen molar-refractivity contribution >= 4 is 0 Å². The number of alkyl halides is 2. The van der Waals surface area contributed by atoms with Crippen molar-refractivity contribution in [1.82, 2.24) is 10.2 Å². The molecule has 2 nitrogen and oxygen atoms in total. The van der Waals surface area contributed by atoms with Crippen molar-refractivity contribution in [2.24, 2.45) is 5.41 Å². The molecule has 1 aliphatic rings. The van der Waals surface area contributed by atoms with Gasteiger partial charge in [0.1, 0.15) is 0 Å². The van der Waals surface area contributed by atoms with E-state index in [4.69, 9.17) is 0 Å². The lowest BCUT2D eigenvalue weighted by Crippen LogP contribution is -2.61. The quantitative estimate of drug-likeness (QED) is 0.918. The highest BCUT2D eigenvalue weighted by atomic mass is 19.3. The number of halogens is 2. The van der Waals surface area contributed by atoms with Crippen LogP contribution in [0.25, 0.3) is 0 Å². The Labute approximate surface area is 126 Å². The second kappa shape index (κ2) is 6.84. The van der Waals surface area contributed by atoms with E-state index >= 15 is 0 Å². The van der Waals surface area contributed by atoms with Gasteiger partial charge in [0, 0.05) is 25.2 Å². The van der Waals surface area contributed by atoms with Crippen molar-refractivity contribution in [2.45, 2.75) is 45.7 Å². The number of rotatable bonds is 4. The predicted octanol–water partition coefficient (Wildman–Crippen LogP) is 3.18. The standard InChI is InChI=1S/C17H26F2N2/c1-17(2,3)15-11-21(12-16(18)19)14(10-20-15)9-13-7-5-4-6-8-13/h4-8,14-16,20H,9-12H2,1-3H3. The summed E-state index contributed by atoms with van der Waals surface area (Å²) in [7, 11) is 0. The summed E-state index contributed by atoms with van der Waals surface area (Å²) < 4.78 is 25.8. The Kier molecular flexibility index (Phi) is 5.33. The number of piperazine rings is 1. The van der Waals surface area contributed by atoms with Gasteiger partial charge in [-0.25, -0.2) is 8.78 Å². The molecule has 0 aromatic heterocycles. The molecule has 2 unspecified atom stereocenters. The molecule has 0 bridgehead atoms. The second-order valence-electron chi connectivity index (χ2n) is 7.02. The lowest BCUT2D eigenvalue weighted by Gasteiger charge is -2.45. The topological polar surface area (TPSA) is 15.3 Å². The fourth-order valence-corrected chi connectivity index (χ4v) is 2.92. The van der Waals surface area contributed by atoms with Crippen LogP contribution in [0.15, 0.2) is 30.3 Å². The van der Waals surface area contributed by atoms with E-state index in [1.807, 2.05) is 23.1 Å². The summed E-state index contributed by atoms with van der Waals surface area (Å²) >= 11 is 0. The van der Waals surface area contributed by atoms with E-state index in [0.29, 0.717) is 6.54 Å². The molecule has 21 heavy (non-hydrogen) atoms. The molecule has 1 aromatic rings. The van der Waals surface area contributed by atoms with Crippen molar-refractivity contribution < 1.29 is 8.78 Å². The van der Waals surface area contributed by atoms with Crippen LogP contribution in [0.4, 0.5) is 8.78 Å². The molecule has 1 aliphatic heterocycles. The van der Waals surface area contributed by atoms with Gasteiger partial charge in [0.15, 0.2) is 0 Å². The second-order valence-corrected chi connectivity index (χ2v) is 7.02. The molecule has 0 aliphatic carbocycles. The molecular weight excluding hydrogens is 270 g/mol. The van der Waals surface area contributed by atoms with Crippen LogP contribution in [0.3, 0.4) is 0 Å². The van der Waals surface area contributed by atoms with Crippen molar-refractivity contribution in [1.29, 1.82) is 0 Å². The fraction of sp³-hybridized carbons (Fsp3) is 0.647. The minimum absolute atomic E-state index is 0.0814. The van der Waals surface area contributed by atoms with Crippen LogP contribution in [0.1, 0.15) is 26.3 Å². The van der Waals surface area contributed by atoms with E-state index in [1.165, 1.54) is 5.56 Å². The third-order valence-corrected chi connectivity index (χ3v) is 4.27. The van der Waals surface area contributed by atoms with Crippen molar-refractivity contribution in [3.63, 3.8) is 0 Å². The normalized spacial score (nSPS) is 24.5. The minimum Gasteiger partial charge on any atom is -0.311 e. The molecule has 1 fully saturated rings. The van der Waals surface area contributed by atoms with E-state index < -0.39 is 6.43 Å². The Hall–Kier alpha value is -1.00. The van der Waals surface area contributed by atoms with Gasteiger partial charge < -0.3 is 5.32 Å². The average molecular weight is 296 g/mol. The van der Waals surface area contributed by atoms with Crippen LogP contribution in [-0.2, 0) is 6.42 Å². The first-order chi connectivity index (χ1) is 9.86. The smallest absolute Gasteiger partial charge is 0.251 e. The molecule has 0 saturated carbocycles. The maximum absolute atomic E-state index is 12.9. The Morgan fingerprint density at radius 1 is 1.24 bits per heavy atom. The molecule has 0 spiro atoms. The van der Waals surface area contributed by atoms with Crippen molar-refractivity contribution in [3.05, 3.63) is 35.9 Å². The van der Waals surface area contributed by atoms with Gasteiger partial charge in [-0.05, 0) is 17.4 Å². The highest BCUT2D eigenvalue weighted by molar-refractivity contribution is 5.16. The number of nitrogens with one attached hydrogen (secondary N) is 1. The molecule has 1 saturated heterocycles. The van der Waals surface area contributed by atoms with Gasteiger partial charge in [-0.3, -0.25) is 4.90 Å².